The molecule has 0 saturated heterocycles. The van der Waals surface area contributed by atoms with Crippen LogP contribution in [0.5, 0.6) is 0 Å². The number of unbranched alkanes of at least 4 members (excludes halogenated alkanes) is 1. The number of esters is 1. The van der Waals surface area contributed by atoms with Gasteiger partial charge in [0.05, 0.1) is 0 Å². The van der Waals surface area contributed by atoms with Crippen LogP contribution in [0.15, 0.2) is 120 Å². The van der Waals surface area contributed by atoms with Crippen LogP contribution in [0.1, 0.15) is 30.1 Å². The molecule has 0 atom stereocenters. The van der Waals surface area contributed by atoms with Gasteiger partial charge in [-0.2, -0.15) is 0 Å². The van der Waals surface area contributed by atoms with Crippen LogP contribution in [0.2, 0.25) is 0 Å². The molecule has 0 amide bonds. The van der Waals surface area contributed by atoms with Gasteiger partial charge >= 0.3 is 220 Å². The molecule has 0 bridgehead atoms. The van der Waals surface area contributed by atoms with Crippen LogP contribution in [0.4, 0.5) is 0 Å². The van der Waals surface area contributed by atoms with Gasteiger partial charge in [-0.05, 0) is 0 Å². The normalized spacial score (nSPS) is 12.9. The fraction of sp³-hybridized carbons (Fsp3) is 0.167. The summed E-state index contributed by atoms with van der Waals surface area (Å²) in [6.07, 6.45) is 2.09. The van der Waals surface area contributed by atoms with Gasteiger partial charge in [-0.25, -0.2) is 0 Å². The third-order valence-electron chi connectivity index (χ3n) is 6.65. The van der Waals surface area contributed by atoms with E-state index in [1.807, 2.05) is 91.0 Å². The molecule has 0 saturated carbocycles. The number of ether oxygens (including phenoxy) is 1. The van der Waals surface area contributed by atoms with Gasteiger partial charge in [0.1, 0.15) is 0 Å². The predicted octanol–water partition coefficient (Wildman–Crippen LogP) is 5.42. The fourth-order valence-corrected chi connectivity index (χ4v) is 13.8. The molecular weight excluding hydrogens is 503 g/mol. The zero-order valence-electron chi connectivity index (χ0n) is 21.0. The van der Waals surface area contributed by atoms with Crippen molar-refractivity contribution in [2.45, 2.75) is 24.7 Å². The Morgan fingerprint density at radius 1 is 0.730 bits per heavy atom. The molecule has 0 fully saturated rings. The average Bonchev–Trinajstić information content (AvgIpc) is 2.96. The molecule has 0 heterocycles. The number of rotatable bonds is 10. The maximum atomic E-state index is 14.3. The van der Waals surface area contributed by atoms with E-state index >= 15 is 0 Å². The first-order valence-electron chi connectivity index (χ1n) is 12.2. The van der Waals surface area contributed by atoms with Crippen molar-refractivity contribution in [3.8, 4) is 0 Å². The van der Waals surface area contributed by atoms with Gasteiger partial charge in [-0.3, -0.25) is 0 Å². The first kappa shape index (κ1) is 26.7. The third kappa shape index (κ3) is 4.85. The molecule has 0 unspecified atom stereocenters. The number of benzene rings is 4. The monoisotopic (exact) mass is 534 g/mol. The van der Waals surface area contributed by atoms with Crippen LogP contribution in [-0.2, 0) is 18.8 Å². The Morgan fingerprint density at radius 2 is 1.22 bits per heavy atom. The first-order valence-corrected chi connectivity index (χ1v) is 15.9. The second-order valence-electron chi connectivity index (χ2n) is 8.84. The molecule has 0 radical (unpaired) electrons. The molecule has 192 valence electrons. The van der Waals surface area contributed by atoms with Crippen LogP contribution in [0, 0.1) is 0 Å². The van der Waals surface area contributed by atoms with E-state index in [1.54, 1.807) is 0 Å². The van der Waals surface area contributed by atoms with Gasteiger partial charge in [-0.1, -0.05) is 0 Å². The van der Waals surface area contributed by atoms with E-state index in [4.69, 9.17) is 8.71 Å². The van der Waals surface area contributed by atoms with Crippen molar-refractivity contribution < 1.29 is 21.9 Å². The van der Waals surface area contributed by atoms with Gasteiger partial charge in [0.2, 0.25) is 0 Å². The fourth-order valence-electron chi connectivity index (χ4n) is 4.85. The molecule has 4 aromatic rings. The summed E-state index contributed by atoms with van der Waals surface area (Å²) in [4.78, 5) is 12.1. The molecule has 0 aromatic heterocycles. The van der Waals surface area contributed by atoms with Crippen LogP contribution in [0.25, 0.3) is 0 Å². The Hall–Kier alpha value is -3.31. The van der Waals surface area contributed by atoms with Crippen molar-refractivity contribution in [1.82, 2.24) is 0 Å². The molecule has 0 aliphatic rings. The Bertz CT molecular complexity index is 1360. The third-order valence-corrected chi connectivity index (χ3v) is 14.9. The maximum absolute atomic E-state index is 14.3. The quantitative estimate of drug-likeness (QED) is 0.201. The number of methoxy groups -OCH3 is 1. The zero-order valence-corrected chi connectivity index (χ0v) is 22.7. The Balaban J connectivity index is 2.10. The van der Waals surface area contributed by atoms with Crippen molar-refractivity contribution in [3.05, 3.63) is 121 Å². The van der Waals surface area contributed by atoms with Gasteiger partial charge in [0.25, 0.3) is 0 Å². The Kier molecular flexibility index (Phi) is 7.93. The van der Waals surface area contributed by atoms with E-state index in [-0.39, 0.29) is 10.5 Å². The first-order chi connectivity index (χ1) is 17.9. The van der Waals surface area contributed by atoms with Crippen molar-refractivity contribution in [2.24, 2.45) is 0 Å². The molecule has 0 aliphatic heterocycles. The second-order valence-corrected chi connectivity index (χ2v) is 15.2. The van der Waals surface area contributed by atoms with Crippen molar-refractivity contribution in [1.29, 1.82) is 0 Å². The summed E-state index contributed by atoms with van der Waals surface area (Å²) < 4.78 is 40.1. The van der Waals surface area contributed by atoms with E-state index in [0.29, 0.717) is 6.16 Å². The van der Waals surface area contributed by atoms with E-state index in [2.05, 4.69) is 6.92 Å². The predicted molar refractivity (Wildman–Crippen MR) is 151 cm³/mol. The molecular formula is C30H31O5PS. The number of hydrogen-bond donors (Lipinski definition) is 0. The summed E-state index contributed by atoms with van der Waals surface area (Å²) in [7, 11) is -3.10. The summed E-state index contributed by atoms with van der Waals surface area (Å²) >= 11 is 0. The van der Waals surface area contributed by atoms with Crippen molar-refractivity contribution in [2.75, 3.05) is 13.3 Å². The van der Waals surface area contributed by atoms with Gasteiger partial charge in [0.15, 0.2) is 0 Å². The SMILES string of the molecule is CCCCP(OS(=O)(=O)c1cccc(C(=O)OC)c1)(c1ccccc1)(c1ccccc1)c1ccccc1. The minimum absolute atomic E-state index is 0.0938. The van der Waals surface area contributed by atoms with Crippen LogP contribution in [0.3, 0.4) is 0 Å². The van der Waals surface area contributed by atoms with Crippen molar-refractivity contribution >= 4 is 38.8 Å². The number of carbonyl (C=O) groups excluding carboxylic acids is 1. The minimum atomic E-state index is -4.37. The van der Waals surface area contributed by atoms with E-state index in [1.165, 1.54) is 31.4 Å². The molecule has 4 aromatic carbocycles. The Labute approximate surface area is 219 Å². The standard InChI is InChI=1S/C30H31O5PS/c1-3-4-23-36(26-16-8-5-9-17-26,27-18-10-6-11-19-27,28-20-12-7-13-21-28)35-37(32,33)29-22-14-15-25(24-29)30(31)34-2/h5-22,24H,3-4,23H2,1-2H3. The van der Waals surface area contributed by atoms with Gasteiger partial charge in [0, 0.05) is 0 Å². The molecule has 4 rings (SSSR count). The summed E-state index contributed by atoms with van der Waals surface area (Å²) in [5, 5.41) is 2.48. The van der Waals surface area contributed by atoms with Gasteiger partial charge in [-0.15, -0.1) is 0 Å². The van der Waals surface area contributed by atoms with Gasteiger partial charge < -0.3 is 0 Å². The topological polar surface area (TPSA) is 69.7 Å². The summed E-state index contributed by atoms with van der Waals surface area (Å²) in [6.45, 7) is -2.02. The number of hydrogen-bond acceptors (Lipinski definition) is 5. The molecule has 0 spiro atoms. The van der Waals surface area contributed by atoms with E-state index < -0.39 is 22.9 Å². The van der Waals surface area contributed by atoms with Crippen LogP contribution in [-0.4, -0.2) is 27.7 Å². The summed E-state index contributed by atoms with van der Waals surface area (Å²) in [6, 6.07) is 34.9. The molecule has 0 aliphatic carbocycles. The summed E-state index contributed by atoms with van der Waals surface area (Å²) in [5.41, 5.74) is 0.139. The number of carbonyl (C=O) groups is 1. The summed E-state index contributed by atoms with van der Waals surface area (Å²) in [5.74, 6) is -0.616. The van der Waals surface area contributed by atoms with Crippen LogP contribution >= 0.6 is 6.83 Å². The molecule has 5 nitrogen and oxygen atoms in total. The van der Waals surface area contributed by atoms with Crippen LogP contribution < -0.4 is 15.9 Å². The van der Waals surface area contributed by atoms with E-state index in [0.717, 1.165) is 28.8 Å². The van der Waals surface area contributed by atoms with Crippen molar-refractivity contribution in [3.63, 3.8) is 0 Å². The average molecular weight is 535 g/mol. The Morgan fingerprint density at radius 3 is 1.65 bits per heavy atom. The molecule has 7 heteroatoms. The molecule has 37 heavy (non-hydrogen) atoms. The molecule has 0 N–H and O–H groups in total. The second kappa shape index (κ2) is 11.0. The zero-order chi connectivity index (χ0) is 26.4. The van der Waals surface area contributed by atoms with E-state index in [9.17, 15) is 13.2 Å².